The van der Waals surface area contributed by atoms with Crippen molar-refractivity contribution in [2.24, 2.45) is 5.41 Å². The van der Waals surface area contributed by atoms with Crippen molar-refractivity contribution in [3.05, 3.63) is 68.6 Å². The molecule has 0 spiro atoms. The second-order valence-electron chi connectivity index (χ2n) is 8.31. The molecule has 0 radical (unpaired) electrons. The minimum absolute atomic E-state index is 0.0145. The van der Waals surface area contributed by atoms with Gasteiger partial charge in [-0.3, -0.25) is 9.59 Å². The van der Waals surface area contributed by atoms with Gasteiger partial charge in [-0.05, 0) is 30.9 Å². The van der Waals surface area contributed by atoms with Crippen LogP contribution in [0.3, 0.4) is 0 Å². The van der Waals surface area contributed by atoms with Crippen LogP contribution in [0, 0.1) is 5.41 Å². The summed E-state index contributed by atoms with van der Waals surface area (Å²) in [6, 6.07) is 11.7. The standard InChI is InChI=1S/C22H27N5O2/c1-13(15-9-7-6-8-10-15)24-21-23-12-11-16(27-21)26-18-17(19(28)20(18)29)25-14(2)22(3,4)5/h6-14,25H,1-5H3,(H2,23,24,26,27). The lowest BCUT2D eigenvalue weighted by atomic mass is 9.87. The van der Waals surface area contributed by atoms with E-state index in [0.717, 1.165) is 5.56 Å². The van der Waals surface area contributed by atoms with E-state index in [9.17, 15) is 9.59 Å². The summed E-state index contributed by atoms with van der Waals surface area (Å²) in [5.74, 6) is 0.879. The monoisotopic (exact) mass is 393 g/mol. The van der Waals surface area contributed by atoms with Crippen LogP contribution in [0.1, 0.15) is 46.2 Å². The van der Waals surface area contributed by atoms with Gasteiger partial charge in [-0.25, -0.2) is 4.98 Å². The molecule has 152 valence electrons. The maximum absolute atomic E-state index is 12.1. The third-order valence-corrected chi connectivity index (χ3v) is 5.12. The fourth-order valence-corrected chi connectivity index (χ4v) is 2.73. The van der Waals surface area contributed by atoms with Crippen LogP contribution in [0.5, 0.6) is 0 Å². The van der Waals surface area contributed by atoms with Crippen LogP contribution in [-0.4, -0.2) is 16.0 Å². The minimum atomic E-state index is -0.542. The van der Waals surface area contributed by atoms with E-state index in [4.69, 9.17) is 0 Å². The molecule has 1 aromatic heterocycles. The third kappa shape index (κ3) is 4.62. The van der Waals surface area contributed by atoms with Crippen LogP contribution in [0.2, 0.25) is 0 Å². The molecule has 0 bridgehead atoms. The van der Waals surface area contributed by atoms with E-state index in [-0.39, 0.29) is 23.2 Å². The van der Waals surface area contributed by atoms with Gasteiger partial charge in [-0.15, -0.1) is 0 Å². The van der Waals surface area contributed by atoms with E-state index in [1.54, 1.807) is 12.3 Å². The summed E-state index contributed by atoms with van der Waals surface area (Å²) in [5.41, 5.74) is 0.555. The second kappa shape index (κ2) is 8.03. The average Bonchev–Trinajstić information content (AvgIpc) is 2.70. The van der Waals surface area contributed by atoms with Gasteiger partial charge in [0.1, 0.15) is 17.2 Å². The fraction of sp³-hybridized carbons (Fsp3) is 0.364. The van der Waals surface area contributed by atoms with E-state index in [0.29, 0.717) is 17.5 Å². The molecule has 3 aromatic rings. The Balaban J connectivity index is 1.75. The molecule has 0 amide bonds. The lowest BCUT2D eigenvalue weighted by Crippen LogP contribution is -2.41. The highest BCUT2D eigenvalue weighted by atomic mass is 16.2. The van der Waals surface area contributed by atoms with Crippen LogP contribution in [-0.2, 0) is 0 Å². The fourth-order valence-electron chi connectivity index (χ4n) is 2.73. The number of benzene rings is 1. The number of nitrogens with one attached hydrogen (secondary N) is 3. The SMILES string of the molecule is CC(Nc1nccc(Nc2c(NC(C)C(C)(C)C)c(=O)c2=O)n1)c1ccccc1. The molecule has 29 heavy (non-hydrogen) atoms. The summed E-state index contributed by atoms with van der Waals surface area (Å²) in [5, 5.41) is 9.38. The zero-order valence-corrected chi connectivity index (χ0v) is 17.4. The number of nitrogens with zero attached hydrogens (tertiary/aromatic N) is 2. The number of anilines is 4. The van der Waals surface area contributed by atoms with Gasteiger partial charge in [0.05, 0.1) is 6.04 Å². The molecule has 2 unspecified atom stereocenters. The number of hydrogen-bond donors (Lipinski definition) is 3. The normalized spacial score (nSPS) is 13.7. The van der Waals surface area contributed by atoms with Crippen molar-refractivity contribution < 1.29 is 0 Å². The van der Waals surface area contributed by atoms with Crippen molar-refractivity contribution in [1.82, 2.24) is 9.97 Å². The molecule has 0 aliphatic rings. The van der Waals surface area contributed by atoms with E-state index in [2.05, 4.69) is 46.7 Å². The van der Waals surface area contributed by atoms with Gasteiger partial charge in [-0.2, -0.15) is 4.98 Å². The lowest BCUT2D eigenvalue weighted by molar-refractivity contribution is 0.359. The second-order valence-corrected chi connectivity index (χ2v) is 8.31. The summed E-state index contributed by atoms with van der Waals surface area (Å²) < 4.78 is 0. The molecule has 0 aliphatic carbocycles. The van der Waals surface area contributed by atoms with Gasteiger partial charge < -0.3 is 16.0 Å². The summed E-state index contributed by atoms with van der Waals surface area (Å²) in [6.07, 6.45) is 1.60. The first-order valence-corrected chi connectivity index (χ1v) is 9.68. The predicted octanol–water partition coefficient (Wildman–Crippen LogP) is 3.84. The molecule has 0 aliphatic heterocycles. The largest absolute Gasteiger partial charge is 0.377 e. The smallest absolute Gasteiger partial charge is 0.253 e. The Labute approximate surface area is 170 Å². The van der Waals surface area contributed by atoms with Gasteiger partial charge in [0.25, 0.3) is 10.9 Å². The molecule has 0 saturated carbocycles. The van der Waals surface area contributed by atoms with Crippen LogP contribution in [0.4, 0.5) is 23.1 Å². The Morgan fingerprint density at radius 3 is 2.21 bits per heavy atom. The Morgan fingerprint density at radius 1 is 0.897 bits per heavy atom. The summed E-state index contributed by atoms with van der Waals surface area (Å²) in [6.45, 7) is 10.2. The van der Waals surface area contributed by atoms with Gasteiger partial charge >= 0.3 is 0 Å². The van der Waals surface area contributed by atoms with Gasteiger partial charge in [0.2, 0.25) is 5.95 Å². The molecule has 7 heteroatoms. The van der Waals surface area contributed by atoms with E-state index >= 15 is 0 Å². The van der Waals surface area contributed by atoms with E-state index < -0.39 is 10.9 Å². The van der Waals surface area contributed by atoms with Crippen LogP contribution in [0.15, 0.2) is 52.2 Å². The Morgan fingerprint density at radius 2 is 1.55 bits per heavy atom. The lowest BCUT2D eigenvalue weighted by Gasteiger charge is -2.30. The van der Waals surface area contributed by atoms with Gasteiger partial charge in [0, 0.05) is 12.2 Å². The van der Waals surface area contributed by atoms with Crippen molar-refractivity contribution in [1.29, 1.82) is 0 Å². The van der Waals surface area contributed by atoms with Crippen molar-refractivity contribution in [2.75, 3.05) is 16.0 Å². The molecular weight excluding hydrogens is 366 g/mol. The van der Waals surface area contributed by atoms with Crippen molar-refractivity contribution >= 4 is 23.1 Å². The Kier molecular flexibility index (Phi) is 5.68. The zero-order chi connectivity index (χ0) is 21.2. The highest BCUT2D eigenvalue weighted by Crippen LogP contribution is 2.26. The number of aromatic nitrogens is 2. The van der Waals surface area contributed by atoms with Gasteiger partial charge in [-0.1, -0.05) is 51.1 Å². The molecule has 2 aromatic carbocycles. The Hall–Kier alpha value is -3.22. The molecule has 3 rings (SSSR count). The van der Waals surface area contributed by atoms with Crippen molar-refractivity contribution in [2.45, 2.75) is 46.7 Å². The molecular formula is C22H27N5O2. The molecule has 3 N–H and O–H groups in total. The predicted molar refractivity (Wildman–Crippen MR) is 118 cm³/mol. The van der Waals surface area contributed by atoms with Crippen molar-refractivity contribution in [3.8, 4) is 0 Å². The van der Waals surface area contributed by atoms with Crippen LogP contribution < -0.4 is 26.8 Å². The highest BCUT2D eigenvalue weighted by molar-refractivity contribution is 5.78. The summed E-state index contributed by atoms with van der Waals surface area (Å²) >= 11 is 0. The minimum Gasteiger partial charge on any atom is -0.377 e. The molecule has 2 atom stereocenters. The number of hydrogen-bond acceptors (Lipinski definition) is 7. The quantitative estimate of drug-likeness (QED) is 0.525. The molecule has 1 heterocycles. The molecule has 0 fully saturated rings. The van der Waals surface area contributed by atoms with Crippen LogP contribution in [0.25, 0.3) is 0 Å². The highest BCUT2D eigenvalue weighted by Gasteiger charge is 2.27. The third-order valence-electron chi connectivity index (χ3n) is 5.12. The topological polar surface area (TPSA) is 96.0 Å². The first-order chi connectivity index (χ1) is 13.7. The summed E-state index contributed by atoms with van der Waals surface area (Å²) in [7, 11) is 0. The molecule has 7 nitrogen and oxygen atoms in total. The van der Waals surface area contributed by atoms with E-state index in [1.165, 1.54) is 0 Å². The molecule has 0 saturated heterocycles. The zero-order valence-electron chi connectivity index (χ0n) is 17.4. The van der Waals surface area contributed by atoms with Crippen LogP contribution >= 0.6 is 0 Å². The van der Waals surface area contributed by atoms with Crippen molar-refractivity contribution in [3.63, 3.8) is 0 Å². The maximum Gasteiger partial charge on any atom is 0.253 e. The van der Waals surface area contributed by atoms with Gasteiger partial charge in [0.15, 0.2) is 0 Å². The number of rotatable bonds is 7. The summed E-state index contributed by atoms with van der Waals surface area (Å²) in [4.78, 5) is 32.8. The first-order valence-electron chi connectivity index (χ1n) is 9.68. The first kappa shape index (κ1) is 20.5. The maximum atomic E-state index is 12.1. The van der Waals surface area contributed by atoms with E-state index in [1.807, 2.05) is 44.2 Å². The average molecular weight is 393 g/mol. The Bertz CT molecular complexity index is 1050.